The fourth-order valence-electron chi connectivity index (χ4n) is 2.56. The van der Waals surface area contributed by atoms with Crippen LogP contribution >= 0.6 is 11.6 Å². The van der Waals surface area contributed by atoms with E-state index in [0.29, 0.717) is 16.5 Å². The van der Waals surface area contributed by atoms with E-state index in [0.717, 1.165) is 25.2 Å². The van der Waals surface area contributed by atoms with Crippen LogP contribution < -0.4 is 10.6 Å². The van der Waals surface area contributed by atoms with E-state index < -0.39 is 0 Å². The highest BCUT2D eigenvalue weighted by Crippen LogP contribution is 2.29. The molecule has 0 amide bonds. The summed E-state index contributed by atoms with van der Waals surface area (Å²) < 4.78 is 5.53. The second-order valence-electron chi connectivity index (χ2n) is 5.06. The number of hydrogen-bond acceptors (Lipinski definition) is 3. The molecule has 0 spiro atoms. The van der Waals surface area contributed by atoms with Crippen LogP contribution in [0.5, 0.6) is 0 Å². The van der Waals surface area contributed by atoms with E-state index in [9.17, 15) is 0 Å². The van der Waals surface area contributed by atoms with E-state index in [1.807, 2.05) is 12.1 Å². The topological polar surface area (TPSA) is 62.3 Å². The van der Waals surface area contributed by atoms with Gasteiger partial charge in [-0.15, -0.1) is 0 Å². The molecule has 1 heterocycles. The van der Waals surface area contributed by atoms with Gasteiger partial charge in [0.1, 0.15) is 5.84 Å². The number of ether oxygens (including phenoxy) is 1. The Morgan fingerprint density at radius 3 is 2.89 bits per heavy atom. The van der Waals surface area contributed by atoms with Crippen LogP contribution in [0.3, 0.4) is 0 Å². The van der Waals surface area contributed by atoms with Gasteiger partial charge in [0, 0.05) is 36.5 Å². The lowest BCUT2D eigenvalue weighted by molar-refractivity contribution is 0.0498. The Kier molecular flexibility index (Phi) is 4.32. The first-order valence-electron chi connectivity index (χ1n) is 6.44. The summed E-state index contributed by atoms with van der Waals surface area (Å²) >= 11 is 5.98. The smallest absolute Gasteiger partial charge is 0.124 e. The van der Waals surface area contributed by atoms with Crippen LogP contribution in [0.15, 0.2) is 18.2 Å². The minimum absolute atomic E-state index is 0.0464. The molecule has 1 aromatic rings. The number of amidine groups is 1. The average molecular weight is 282 g/mol. The number of nitrogen functional groups attached to an aromatic ring is 1. The number of nitrogens with two attached hydrogens (primary N) is 1. The third-order valence-corrected chi connectivity index (χ3v) is 4.02. The molecule has 4 nitrogen and oxygen atoms in total. The van der Waals surface area contributed by atoms with Gasteiger partial charge < -0.3 is 15.4 Å². The maximum atomic E-state index is 7.69. The van der Waals surface area contributed by atoms with Gasteiger partial charge in [-0.05, 0) is 30.5 Å². The molecule has 1 fully saturated rings. The first kappa shape index (κ1) is 14.2. The largest absolute Gasteiger partial charge is 0.384 e. The maximum absolute atomic E-state index is 7.69. The highest BCUT2D eigenvalue weighted by Gasteiger charge is 2.27. The molecule has 19 heavy (non-hydrogen) atoms. The van der Waals surface area contributed by atoms with E-state index in [2.05, 4.69) is 11.8 Å². The molecule has 5 heteroatoms. The monoisotopic (exact) mass is 281 g/mol. The molecule has 1 aliphatic heterocycles. The Morgan fingerprint density at radius 2 is 2.26 bits per heavy atom. The van der Waals surface area contributed by atoms with Crippen LogP contribution in [0.4, 0.5) is 5.69 Å². The van der Waals surface area contributed by atoms with Crippen molar-refractivity contribution in [1.29, 1.82) is 5.41 Å². The number of piperidine rings is 1. The van der Waals surface area contributed by atoms with Crippen molar-refractivity contribution in [2.75, 3.05) is 25.1 Å². The zero-order chi connectivity index (χ0) is 14.0. The number of methoxy groups -OCH3 is 1. The van der Waals surface area contributed by atoms with Gasteiger partial charge in [-0.2, -0.15) is 0 Å². The zero-order valence-corrected chi connectivity index (χ0v) is 12.1. The minimum atomic E-state index is 0.0464. The third-order valence-electron chi connectivity index (χ3n) is 3.78. The molecule has 0 bridgehead atoms. The Hall–Kier alpha value is -1.26. The van der Waals surface area contributed by atoms with Crippen LogP contribution in [0, 0.1) is 11.3 Å². The lowest BCUT2D eigenvalue weighted by Crippen LogP contribution is -2.44. The summed E-state index contributed by atoms with van der Waals surface area (Å²) in [6.45, 7) is 3.97. The molecular formula is C14H20ClN3O. The van der Waals surface area contributed by atoms with Crippen LogP contribution in [0.25, 0.3) is 0 Å². The summed E-state index contributed by atoms with van der Waals surface area (Å²) in [6, 6.07) is 5.52. The fraction of sp³-hybridized carbons (Fsp3) is 0.500. The quantitative estimate of drug-likeness (QED) is 0.661. The summed E-state index contributed by atoms with van der Waals surface area (Å²) in [7, 11) is 1.75. The van der Waals surface area contributed by atoms with Gasteiger partial charge in [-0.1, -0.05) is 18.5 Å². The summed E-state index contributed by atoms with van der Waals surface area (Å²) in [5.74, 6) is 0.597. The van der Waals surface area contributed by atoms with E-state index in [1.54, 1.807) is 13.2 Å². The van der Waals surface area contributed by atoms with Crippen LogP contribution in [-0.4, -0.2) is 32.1 Å². The van der Waals surface area contributed by atoms with Gasteiger partial charge in [-0.3, -0.25) is 5.41 Å². The standard InChI is InChI=1S/C14H20ClN3O/c1-9-5-6-18(8-13(9)19-2)12-4-3-10(15)7-11(12)14(16)17/h3-4,7,9,13H,5-6,8H2,1-2H3,(H3,16,17). The molecule has 0 saturated carbocycles. The molecule has 104 valence electrons. The third kappa shape index (κ3) is 3.01. The molecule has 1 aromatic carbocycles. The predicted molar refractivity (Wildman–Crippen MR) is 79.3 cm³/mol. The number of hydrogen-bond donors (Lipinski definition) is 2. The summed E-state index contributed by atoms with van der Waals surface area (Å²) in [5, 5.41) is 8.29. The van der Waals surface area contributed by atoms with Crippen molar-refractivity contribution in [2.45, 2.75) is 19.4 Å². The van der Waals surface area contributed by atoms with Crippen molar-refractivity contribution >= 4 is 23.1 Å². The van der Waals surface area contributed by atoms with Crippen LogP contribution in [0.1, 0.15) is 18.9 Å². The van der Waals surface area contributed by atoms with Crippen molar-refractivity contribution in [1.82, 2.24) is 0 Å². The van der Waals surface area contributed by atoms with E-state index >= 15 is 0 Å². The molecule has 2 atom stereocenters. The van der Waals surface area contributed by atoms with Crippen LogP contribution in [-0.2, 0) is 4.74 Å². The van der Waals surface area contributed by atoms with Gasteiger partial charge in [0.2, 0.25) is 0 Å². The lowest BCUT2D eigenvalue weighted by atomic mass is 9.95. The van der Waals surface area contributed by atoms with Gasteiger partial charge in [0.05, 0.1) is 6.10 Å². The molecule has 2 unspecified atom stereocenters. The Balaban J connectivity index is 2.29. The van der Waals surface area contributed by atoms with E-state index in [-0.39, 0.29) is 11.9 Å². The normalized spacial score (nSPS) is 23.4. The van der Waals surface area contributed by atoms with Crippen molar-refractivity contribution in [3.05, 3.63) is 28.8 Å². The van der Waals surface area contributed by atoms with Gasteiger partial charge in [-0.25, -0.2) is 0 Å². The highest BCUT2D eigenvalue weighted by atomic mass is 35.5. The summed E-state index contributed by atoms with van der Waals surface area (Å²) in [5.41, 5.74) is 7.31. The van der Waals surface area contributed by atoms with E-state index in [1.165, 1.54) is 0 Å². The lowest BCUT2D eigenvalue weighted by Gasteiger charge is -2.38. The zero-order valence-electron chi connectivity index (χ0n) is 11.3. The van der Waals surface area contributed by atoms with E-state index in [4.69, 9.17) is 27.5 Å². The molecule has 1 saturated heterocycles. The predicted octanol–water partition coefficient (Wildman–Crippen LogP) is 2.49. The first-order chi connectivity index (χ1) is 9.02. The second kappa shape index (κ2) is 5.80. The molecule has 3 N–H and O–H groups in total. The fourth-order valence-corrected chi connectivity index (χ4v) is 2.73. The SMILES string of the molecule is COC1CN(c2ccc(Cl)cc2C(=N)N)CCC1C. The van der Waals surface area contributed by atoms with Gasteiger partial charge in [0.15, 0.2) is 0 Å². The van der Waals surface area contributed by atoms with Gasteiger partial charge in [0.25, 0.3) is 0 Å². The minimum Gasteiger partial charge on any atom is -0.384 e. The maximum Gasteiger partial charge on any atom is 0.124 e. The molecule has 0 radical (unpaired) electrons. The van der Waals surface area contributed by atoms with Crippen molar-refractivity contribution in [3.8, 4) is 0 Å². The number of rotatable bonds is 3. The molecule has 2 rings (SSSR count). The molecule has 0 aliphatic carbocycles. The molecule has 0 aromatic heterocycles. The van der Waals surface area contributed by atoms with Crippen molar-refractivity contribution in [2.24, 2.45) is 11.7 Å². The van der Waals surface area contributed by atoms with Crippen LogP contribution in [0.2, 0.25) is 5.02 Å². The second-order valence-corrected chi connectivity index (χ2v) is 5.50. The molecule has 1 aliphatic rings. The average Bonchev–Trinajstić information content (AvgIpc) is 2.39. The van der Waals surface area contributed by atoms with Gasteiger partial charge >= 0.3 is 0 Å². The Bertz CT molecular complexity index is 478. The number of benzene rings is 1. The summed E-state index contributed by atoms with van der Waals surface area (Å²) in [6.07, 6.45) is 1.28. The first-order valence-corrected chi connectivity index (χ1v) is 6.82. The number of nitrogens with zero attached hydrogens (tertiary/aromatic N) is 1. The Labute approximate surface area is 119 Å². The molecular weight excluding hydrogens is 262 g/mol. The van der Waals surface area contributed by atoms with Crippen molar-refractivity contribution < 1.29 is 4.74 Å². The Morgan fingerprint density at radius 1 is 1.53 bits per heavy atom. The number of nitrogens with one attached hydrogen (secondary N) is 1. The van der Waals surface area contributed by atoms with Crippen molar-refractivity contribution in [3.63, 3.8) is 0 Å². The number of anilines is 1. The summed E-state index contributed by atoms with van der Waals surface area (Å²) in [4.78, 5) is 2.22. The highest BCUT2D eigenvalue weighted by molar-refractivity contribution is 6.31. The number of halogens is 1.